The van der Waals surface area contributed by atoms with Gasteiger partial charge in [0.15, 0.2) is 0 Å². The summed E-state index contributed by atoms with van der Waals surface area (Å²) in [5, 5.41) is 12.6. The summed E-state index contributed by atoms with van der Waals surface area (Å²) >= 11 is 0. The molecule has 0 saturated heterocycles. The van der Waals surface area contributed by atoms with E-state index in [-0.39, 0.29) is 175 Å². The van der Waals surface area contributed by atoms with E-state index in [2.05, 4.69) is 26.6 Å². The third-order valence-corrected chi connectivity index (χ3v) is 10.8. The second-order valence-corrected chi connectivity index (χ2v) is 17.4. The van der Waals surface area contributed by atoms with E-state index in [0.29, 0.717) is 13.0 Å². The van der Waals surface area contributed by atoms with Crippen LogP contribution in [0.4, 0.5) is 0 Å². The Labute approximate surface area is 499 Å². The van der Waals surface area contributed by atoms with Gasteiger partial charge in [-0.05, 0) is 57.3 Å². The fourth-order valence-electron chi connectivity index (χ4n) is 6.58. The van der Waals surface area contributed by atoms with Crippen LogP contribution in [0.25, 0.3) is 0 Å². The van der Waals surface area contributed by atoms with Crippen LogP contribution < -0.4 is 66.7 Å². The summed E-state index contributed by atoms with van der Waals surface area (Å²) in [5.41, 5.74) is 36.7. The van der Waals surface area contributed by atoms with Crippen LogP contribution in [0.5, 0.6) is 0 Å². The first-order valence-corrected chi connectivity index (χ1v) is 26.2. The summed E-state index contributed by atoms with van der Waals surface area (Å²) in [6, 6.07) is -1.06. The van der Waals surface area contributed by atoms with E-state index in [1.54, 1.807) is 0 Å². The van der Waals surface area contributed by atoms with Gasteiger partial charge in [-0.2, -0.15) is 0 Å². The van der Waals surface area contributed by atoms with Gasteiger partial charge in [0, 0.05) is 91.5 Å². The molecule has 84 heavy (non-hydrogen) atoms. The average molecular weight is 1180 g/mol. The van der Waals surface area contributed by atoms with Crippen LogP contribution in [0.15, 0.2) is 0 Å². The molecule has 14 amide bonds. The zero-order chi connectivity index (χ0) is 63.9. The average Bonchev–Trinajstić information content (AvgIpc) is 3.47. The third kappa shape index (κ3) is 41.7. The Kier molecular flexibility index (Phi) is 51.0. The molecule has 0 aromatic heterocycles. The molecule has 0 aliphatic carbocycles. The Morgan fingerprint density at radius 2 is 0.619 bits per heavy atom. The molecule has 38 heteroatoms. The number of amides is 14. The molecule has 0 fully saturated rings. The predicted molar refractivity (Wildman–Crippen MR) is 316 cm³/mol. The molecule has 0 spiro atoms. The molecule has 0 saturated carbocycles. The van der Waals surface area contributed by atoms with Crippen molar-refractivity contribution in [2.75, 3.05) is 131 Å². The van der Waals surface area contributed by atoms with E-state index in [1.165, 1.54) is 14.7 Å². The zero-order valence-electron chi connectivity index (χ0n) is 47.2. The molecule has 1 unspecified atom stereocenters. The maximum Gasteiger partial charge on any atom is 0.241 e. The van der Waals surface area contributed by atoms with E-state index in [1.807, 2.05) is 0 Å². The number of hydrogen-bond donors (Lipinski definition) is 12. The SMILES string of the molecule is C.[B]CC(=O)N(CCN)CC(=O)NCCN(CC(=O)NC(CN)C(N)=O)C(=O)C[B].[B]CC(=O)N(CCNC(=O)CN(CCN)C(=O)C[B])CC(N)=O.[B]CC(=O)N(CCNC(=O)CN(CCNC(=O)CCCCCN)C(=O)C[B])CC(N)=O. The summed E-state index contributed by atoms with van der Waals surface area (Å²) in [6.45, 7) is 0.000463. The molecular weight excluding hydrogens is 1090 g/mol. The van der Waals surface area contributed by atoms with Gasteiger partial charge in [0.25, 0.3) is 0 Å². The van der Waals surface area contributed by atoms with Gasteiger partial charge in [-0.25, -0.2) is 0 Å². The molecule has 12 radical (unpaired) electrons. The van der Waals surface area contributed by atoms with Crippen molar-refractivity contribution in [1.29, 1.82) is 0 Å². The fourth-order valence-corrected chi connectivity index (χ4v) is 6.58. The molecule has 32 nitrogen and oxygen atoms in total. The number of nitrogens with two attached hydrogens (primary N) is 7. The van der Waals surface area contributed by atoms with Gasteiger partial charge in [0.05, 0.1) is 86.3 Å². The van der Waals surface area contributed by atoms with Crippen molar-refractivity contribution in [3.05, 3.63) is 0 Å². The zero-order valence-corrected chi connectivity index (χ0v) is 47.2. The molecule has 0 rings (SSSR count). The molecular formula is C46H84B6N18O14. The first kappa shape index (κ1) is 83.3. The number of rotatable bonds is 42. The van der Waals surface area contributed by atoms with Gasteiger partial charge in [0.2, 0.25) is 82.7 Å². The van der Waals surface area contributed by atoms with Crippen LogP contribution in [-0.4, -0.2) is 296 Å². The van der Waals surface area contributed by atoms with E-state index < -0.39 is 83.5 Å². The van der Waals surface area contributed by atoms with Crippen molar-refractivity contribution < 1.29 is 67.1 Å². The smallest absolute Gasteiger partial charge is 0.241 e. The van der Waals surface area contributed by atoms with Gasteiger partial charge in [-0.1, -0.05) is 13.8 Å². The summed E-state index contributed by atoms with van der Waals surface area (Å²) in [5.74, 6) is -7.11. The van der Waals surface area contributed by atoms with Gasteiger partial charge in [-0.15, -0.1) is 0 Å². The minimum Gasteiger partial charge on any atom is -0.368 e. The van der Waals surface area contributed by atoms with Crippen LogP contribution in [-0.2, 0) is 67.1 Å². The summed E-state index contributed by atoms with van der Waals surface area (Å²) in [6.07, 6.45) is 1.17. The lowest BCUT2D eigenvalue weighted by molar-refractivity contribution is -0.135. The number of hydrogen-bond acceptors (Lipinski definition) is 18. The normalized spacial score (nSPS) is 10.4. The number of primary amides is 3. The molecule has 0 bridgehead atoms. The quantitative estimate of drug-likeness (QED) is 0.0199. The summed E-state index contributed by atoms with van der Waals surface area (Å²) in [4.78, 5) is 170. The van der Waals surface area contributed by atoms with Crippen molar-refractivity contribution in [1.82, 2.24) is 56.0 Å². The Balaban J connectivity index is -0.000000574. The molecule has 0 aliphatic rings. The highest BCUT2D eigenvalue weighted by Gasteiger charge is 2.23. The van der Waals surface area contributed by atoms with E-state index in [9.17, 15) is 67.1 Å². The third-order valence-electron chi connectivity index (χ3n) is 10.8. The maximum absolute atomic E-state index is 12.2. The monoisotopic (exact) mass is 1180 g/mol. The van der Waals surface area contributed by atoms with Crippen LogP contribution in [0.3, 0.4) is 0 Å². The molecule has 19 N–H and O–H groups in total. The Morgan fingerprint density at radius 1 is 0.345 bits per heavy atom. The summed E-state index contributed by atoms with van der Waals surface area (Å²) in [7, 11) is 31.8. The van der Waals surface area contributed by atoms with Crippen molar-refractivity contribution >= 4 is 130 Å². The van der Waals surface area contributed by atoms with Crippen molar-refractivity contribution in [3.8, 4) is 0 Å². The Morgan fingerprint density at radius 3 is 0.869 bits per heavy atom. The number of unbranched alkanes of at least 4 members (excludes halogenated alkanes) is 2. The largest absolute Gasteiger partial charge is 0.368 e. The lowest BCUT2D eigenvalue weighted by Crippen LogP contribution is -2.52. The highest BCUT2D eigenvalue weighted by molar-refractivity contribution is 6.22. The lowest BCUT2D eigenvalue weighted by atomic mass is 10.0. The second-order valence-electron chi connectivity index (χ2n) is 17.4. The van der Waals surface area contributed by atoms with Gasteiger partial charge >= 0.3 is 0 Å². The predicted octanol–water partition coefficient (Wildman–Crippen LogP) is -11.1. The minimum absolute atomic E-state index is 0. The Hall–Kier alpha value is -7.19. The minimum atomic E-state index is -1.06. The van der Waals surface area contributed by atoms with E-state index in [4.69, 9.17) is 87.2 Å². The van der Waals surface area contributed by atoms with E-state index >= 15 is 0 Å². The number of carbonyl (C=O) groups excluding carboxylic acids is 14. The number of nitrogens with zero attached hydrogens (tertiary/aromatic N) is 6. The standard InChI is InChI=1S/C18H32B2N6O5.C15H27B2N7O5.C12H21B2N5O4.CH4/c19-10-17(30)25(12-14(22)27)8-7-24-16(29)13-26(18(31)11-20)9-6-23-15(28)4-2-1-3-5-21;16-5-13(27)23(3-1-18)8-11(25)21-2-4-24(14(28)6-17)9-12(26)22-10(7-19)15(20)29;13-5-11(22)18(3-1-15)8-10(21)17-2-4-19(7-9(16)20)12(23)6-14;/h1-13,21H2,(H2,22,27)(H,23,28)(H,24,29);10H,1-9,18-19H2,(H2,20,29)(H,21,25)(H,22,26);1-8,15H2,(H2,16,20)(H,17,21);1H4. The maximum atomic E-state index is 12.2. The van der Waals surface area contributed by atoms with Crippen molar-refractivity contribution in [3.63, 3.8) is 0 Å². The van der Waals surface area contributed by atoms with Gasteiger partial charge < -0.3 is 96.1 Å². The highest BCUT2D eigenvalue weighted by atomic mass is 16.2. The first-order chi connectivity index (χ1) is 39.3. The van der Waals surface area contributed by atoms with Gasteiger partial charge in [-0.3, -0.25) is 67.1 Å². The van der Waals surface area contributed by atoms with Crippen LogP contribution in [0.2, 0.25) is 37.9 Å². The molecule has 460 valence electrons. The van der Waals surface area contributed by atoms with Gasteiger partial charge in [0.1, 0.15) is 6.04 Å². The van der Waals surface area contributed by atoms with Crippen molar-refractivity contribution in [2.24, 2.45) is 40.1 Å². The summed E-state index contributed by atoms with van der Waals surface area (Å²) < 4.78 is 0. The molecule has 0 heterocycles. The Bertz CT molecular complexity index is 2080. The van der Waals surface area contributed by atoms with Crippen LogP contribution in [0, 0.1) is 0 Å². The van der Waals surface area contributed by atoms with Crippen LogP contribution in [0.1, 0.15) is 33.1 Å². The lowest BCUT2D eigenvalue weighted by Gasteiger charge is -2.24. The van der Waals surface area contributed by atoms with Crippen LogP contribution >= 0.6 is 0 Å². The fraction of sp³-hybridized carbons (Fsp3) is 0.696. The first-order valence-electron chi connectivity index (χ1n) is 26.2. The topological polar surface area (TPSA) is 501 Å². The molecule has 0 aliphatic heterocycles. The molecule has 0 aromatic carbocycles. The van der Waals surface area contributed by atoms with E-state index in [0.717, 1.165) is 34.0 Å². The highest BCUT2D eigenvalue weighted by Crippen LogP contribution is 2.01. The number of carbonyl (C=O) groups is 14. The van der Waals surface area contributed by atoms with Crippen molar-refractivity contribution in [2.45, 2.75) is 77.1 Å². The molecule has 1 atom stereocenters. The second kappa shape index (κ2) is 51.4. The number of nitrogens with one attached hydrogen (secondary N) is 5. The molecule has 0 aromatic rings.